The van der Waals surface area contributed by atoms with Crippen LogP contribution in [0.3, 0.4) is 0 Å². The molecule has 1 heterocycles. The van der Waals surface area contributed by atoms with Crippen molar-refractivity contribution >= 4 is 11.6 Å². The van der Waals surface area contributed by atoms with Crippen molar-refractivity contribution in [2.45, 2.75) is 6.10 Å². The van der Waals surface area contributed by atoms with Crippen molar-refractivity contribution in [1.29, 1.82) is 0 Å². The van der Waals surface area contributed by atoms with Gasteiger partial charge in [0.1, 0.15) is 0 Å². The monoisotopic (exact) mass is 123 g/mol. The summed E-state index contributed by atoms with van der Waals surface area (Å²) in [6.07, 6.45) is 0.400. The van der Waals surface area contributed by atoms with E-state index in [9.17, 15) is 0 Å². The maximum atomic E-state index is 5.27. The Bertz CT molecular complexity index is 38.7. The third kappa shape index (κ3) is 4.05. The highest BCUT2D eigenvalue weighted by atomic mass is 35.5. The number of hydrogen-bond donors (Lipinski definition) is 1. The number of halogens is 1. The molecule has 0 aromatic rings. The minimum Gasteiger partial charge on any atom is -0.372 e. The molecule has 2 N–H and O–H groups in total. The fourth-order valence-electron chi connectivity index (χ4n) is 0.157. The first-order valence-electron chi connectivity index (χ1n) is 2.19. The van der Waals surface area contributed by atoms with E-state index in [1.54, 1.807) is 0 Å². The molecule has 1 unspecified atom stereocenters. The molecular weight excluding hydrogens is 114 g/mol. The van der Waals surface area contributed by atoms with Crippen LogP contribution in [0.1, 0.15) is 0 Å². The molecule has 0 aromatic carbocycles. The number of hydrogen-bond acceptors (Lipinski definition) is 2. The molecule has 1 aliphatic rings. The van der Waals surface area contributed by atoms with Crippen molar-refractivity contribution in [2.24, 2.45) is 5.73 Å². The van der Waals surface area contributed by atoms with Crippen LogP contribution in [0.25, 0.3) is 0 Å². The van der Waals surface area contributed by atoms with E-state index in [0.29, 0.717) is 12.0 Å². The number of alkyl halides is 1. The van der Waals surface area contributed by atoms with Crippen molar-refractivity contribution in [3.05, 3.63) is 0 Å². The Morgan fingerprint density at radius 2 is 2.29 bits per heavy atom. The van der Waals surface area contributed by atoms with Crippen molar-refractivity contribution < 1.29 is 4.74 Å². The van der Waals surface area contributed by atoms with Crippen molar-refractivity contribution in [1.82, 2.24) is 0 Å². The second-order valence-electron chi connectivity index (χ2n) is 1.11. The van der Waals surface area contributed by atoms with E-state index in [1.165, 1.54) is 7.05 Å². The van der Waals surface area contributed by atoms with Crippen LogP contribution in [0, 0.1) is 0 Å². The fourth-order valence-corrected chi connectivity index (χ4v) is 0.335. The van der Waals surface area contributed by atoms with Gasteiger partial charge in [0.25, 0.3) is 0 Å². The Labute approximate surface area is 48.6 Å². The Morgan fingerprint density at radius 1 is 1.86 bits per heavy atom. The predicted octanol–water partition coefficient (Wildman–Crippen LogP) is 0.199. The number of ether oxygens (including phenoxy) is 1. The molecule has 2 nitrogen and oxygen atoms in total. The summed E-state index contributed by atoms with van der Waals surface area (Å²) in [5.74, 6) is 0.667. The summed E-state index contributed by atoms with van der Waals surface area (Å²) in [5.41, 5.74) is 4.50. The summed E-state index contributed by atoms with van der Waals surface area (Å²) in [4.78, 5) is 0. The first kappa shape index (κ1) is 7.21. The van der Waals surface area contributed by atoms with Gasteiger partial charge in [-0.25, -0.2) is 0 Å². The van der Waals surface area contributed by atoms with Crippen LogP contribution < -0.4 is 5.73 Å². The summed E-state index contributed by atoms with van der Waals surface area (Å²) in [5, 5.41) is 0. The molecule has 1 saturated heterocycles. The lowest BCUT2D eigenvalue weighted by Crippen LogP contribution is -1.80. The maximum absolute atomic E-state index is 5.27. The summed E-state index contributed by atoms with van der Waals surface area (Å²) in [7, 11) is 1.50. The van der Waals surface area contributed by atoms with E-state index in [0.717, 1.165) is 6.61 Å². The Hall–Kier alpha value is 0.210. The van der Waals surface area contributed by atoms with Crippen LogP contribution in [-0.4, -0.2) is 25.6 Å². The average Bonchev–Trinajstić information content (AvgIpc) is 2.52. The van der Waals surface area contributed by atoms with Gasteiger partial charge in [-0.1, -0.05) is 0 Å². The third-order valence-corrected chi connectivity index (χ3v) is 0.919. The van der Waals surface area contributed by atoms with Gasteiger partial charge in [0, 0.05) is 0 Å². The van der Waals surface area contributed by atoms with E-state index in [4.69, 9.17) is 16.3 Å². The zero-order valence-electron chi connectivity index (χ0n) is 4.36. The van der Waals surface area contributed by atoms with Gasteiger partial charge in [0.15, 0.2) is 0 Å². The van der Waals surface area contributed by atoms with Crippen LogP contribution in [0.2, 0.25) is 0 Å². The van der Waals surface area contributed by atoms with E-state index < -0.39 is 0 Å². The van der Waals surface area contributed by atoms with E-state index in [2.05, 4.69) is 5.73 Å². The molecule has 1 rings (SSSR count). The highest BCUT2D eigenvalue weighted by Crippen LogP contribution is 2.08. The molecule has 0 aromatic heterocycles. The fraction of sp³-hybridized carbons (Fsp3) is 1.00. The summed E-state index contributed by atoms with van der Waals surface area (Å²) in [6, 6.07) is 0. The average molecular weight is 124 g/mol. The number of epoxide rings is 1. The van der Waals surface area contributed by atoms with Crippen molar-refractivity contribution in [3.63, 3.8) is 0 Å². The molecule has 0 aliphatic carbocycles. The molecule has 7 heavy (non-hydrogen) atoms. The highest BCUT2D eigenvalue weighted by molar-refractivity contribution is 6.18. The Morgan fingerprint density at radius 3 is 2.29 bits per heavy atom. The van der Waals surface area contributed by atoms with Crippen LogP contribution in [-0.2, 0) is 4.74 Å². The number of rotatable bonds is 1. The molecule has 0 amide bonds. The van der Waals surface area contributed by atoms with E-state index in [-0.39, 0.29) is 0 Å². The number of nitrogens with two attached hydrogens (primary N) is 1. The van der Waals surface area contributed by atoms with E-state index in [1.807, 2.05) is 0 Å². The smallest absolute Gasteiger partial charge is 0.0944 e. The molecule has 0 saturated carbocycles. The third-order valence-electron chi connectivity index (χ3n) is 0.574. The molecule has 0 bridgehead atoms. The van der Waals surface area contributed by atoms with Crippen LogP contribution in [0.4, 0.5) is 0 Å². The predicted molar refractivity (Wildman–Crippen MR) is 30.6 cm³/mol. The molecule has 0 radical (unpaired) electrons. The topological polar surface area (TPSA) is 38.5 Å². The van der Waals surface area contributed by atoms with Gasteiger partial charge in [-0.2, -0.15) is 0 Å². The van der Waals surface area contributed by atoms with Crippen molar-refractivity contribution in [2.75, 3.05) is 19.5 Å². The minimum absolute atomic E-state index is 0.400. The Balaban J connectivity index is 0.000000162. The first-order valence-corrected chi connectivity index (χ1v) is 2.72. The normalized spacial score (nSPS) is 25.3. The molecule has 3 heteroatoms. The zero-order valence-corrected chi connectivity index (χ0v) is 5.11. The molecule has 44 valence electrons. The largest absolute Gasteiger partial charge is 0.372 e. The van der Waals surface area contributed by atoms with Gasteiger partial charge in [0.2, 0.25) is 0 Å². The molecular formula is C4H10ClNO. The molecule has 1 atom stereocenters. The van der Waals surface area contributed by atoms with Crippen LogP contribution in [0.15, 0.2) is 0 Å². The summed E-state index contributed by atoms with van der Waals surface area (Å²) >= 11 is 5.27. The summed E-state index contributed by atoms with van der Waals surface area (Å²) in [6.45, 7) is 0.878. The highest BCUT2D eigenvalue weighted by Gasteiger charge is 2.19. The van der Waals surface area contributed by atoms with Gasteiger partial charge < -0.3 is 10.5 Å². The lowest BCUT2D eigenvalue weighted by atomic mass is 10.6. The second kappa shape index (κ2) is 4.37. The summed E-state index contributed by atoms with van der Waals surface area (Å²) < 4.78 is 4.73. The maximum Gasteiger partial charge on any atom is 0.0944 e. The van der Waals surface area contributed by atoms with Gasteiger partial charge in [-0.05, 0) is 7.05 Å². The van der Waals surface area contributed by atoms with Gasteiger partial charge in [-0.3, -0.25) is 0 Å². The lowest BCUT2D eigenvalue weighted by molar-refractivity contribution is 0.425. The van der Waals surface area contributed by atoms with Crippen LogP contribution >= 0.6 is 11.6 Å². The molecule has 1 fully saturated rings. The van der Waals surface area contributed by atoms with Gasteiger partial charge in [0.05, 0.1) is 18.6 Å². The molecule has 1 aliphatic heterocycles. The van der Waals surface area contributed by atoms with Gasteiger partial charge in [-0.15, -0.1) is 11.6 Å². The second-order valence-corrected chi connectivity index (χ2v) is 1.42. The standard InChI is InChI=1S/C3H5ClO.CH5N/c4-1-3-2-5-3;1-2/h3H,1-2H2;2H2,1H3. The first-order chi connectivity index (χ1) is 3.43. The van der Waals surface area contributed by atoms with Gasteiger partial charge >= 0.3 is 0 Å². The Kier molecular flexibility index (Phi) is 4.50. The van der Waals surface area contributed by atoms with Crippen molar-refractivity contribution in [3.8, 4) is 0 Å². The zero-order chi connectivity index (χ0) is 5.70. The molecule has 0 spiro atoms. The lowest BCUT2D eigenvalue weighted by Gasteiger charge is -1.67. The quantitative estimate of drug-likeness (QED) is 0.400. The SMILES string of the molecule is CN.ClCC1CO1. The van der Waals surface area contributed by atoms with Crippen LogP contribution in [0.5, 0.6) is 0 Å². The minimum atomic E-state index is 0.400. The van der Waals surface area contributed by atoms with E-state index >= 15 is 0 Å².